The van der Waals surface area contributed by atoms with Gasteiger partial charge in [-0.1, -0.05) is 0 Å². The molecule has 2 N–H and O–H groups in total. The van der Waals surface area contributed by atoms with E-state index in [-0.39, 0.29) is 18.7 Å². The Kier molecular flexibility index (Phi) is 6.20. The lowest BCUT2D eigenvalue weighted by Crippen LogP contribution is -2.37. The normalized spacial score (nSPS) is 16.1. The average molecular weight is 359 g/mol. The molecule has 6 nitrogen and oxygen atoms in total. The number of nitrogens with zero attached hydrogens (tertiary/aromatic N) is 3. The van der Waals surface area contributed by atoms with Crippen LogP contribution in [0, 0.1) is 5.92 Å². The number of halogens is 1. The van der Waals surface area contributed by atoms with Gasteiger partial charge in [0.1, 0.15) is 4.47 Å². The molecule has 1 saturated heterocycles. The van der Waals surface area contributed by atoms with Crippen LogP contribution in [-0.2, 0) is 6.54 Å². The summed E-state index contributed by atoms with van der Waals surface area (Å²) in [7, 11) is 0. The van der Waals surface area contributed by atoms with E-state index in [1.54, 1.807) is 6.20 Å². The van der Waals surface area contributed by atoms with Crippen LogP contribution >= 0.6 is 15.9 Å². The minimum atomic E-state index is -0.190. The first-order valence-electron chi connectivity index (χ1n) is 7.49. The second-order valence-corrected chi connectivity index (χ2v) is 6.12. The molecule has 2 heterocycles. The summed E-state index contributed by atoms with van der Waals surface area (Å²) in [6.07, 6.45) is 4.05. The van der Waals surface area contributed by atoms with Crippen molar-refractivity contribution in [2.24, 2.45) is 5.92 Å². The molecule has 0 unspecified atom stereocenters. The maximum Gasteiger partial charge on any atom is 0.283 e. The van der Waals surface area contributed by atoms with Crippen molar-refractivity contribution in [3.05, 3.63) is 21.0 Å². The van der Waals surface area contributed by atoms with Gasteiger partial charge in [0, 0.05) is 13.1 Å². The Morgan fingerprint density at radius 3 is 2.86 bits per heavy atom. The third-order valence-corrected chi connectivity index (χ3v) is 4.68. The summed E-state index contributed by atoms with van der Waals surface area (Å²) in [4.78, 5) is 14.4. The Morgan fingerprint density at radius 1 is 1.52 bits per heavy atom. The SMILES string of the molecule is CCN(CC1CCNCC1)c1cnn(CCO)c(=O)c1Br. The molecule has 0 aliphatic carbocycles. The monoisotopic (exact) mass is 358 g/mol. The van der Waals surface area contributed by atoms with Gasteiger partial charge in [0.05, 0.1) is 25.0 Å². The zero-order valence-electron chi connectivity index (χ0n) is 12.4. The lowest BCUT2D eigenvalue weighted by molar-refractivity contribution is 0.266. The quantitative estimate of drug-likeness (QED) is 0.787. The van der Waals surface area contributed by atoms with Gasteiger partial charge in [-0.25, -0.2) is 4.68 Å². The molecule has 1 aromatic heterocycles. The molecule has 0 aromatic carbocycles. The highest BCUT2D eigenvalue weighted by atomic mass is 79.9. The largest absolute Gasteiger partial charge is 0.394 e. The highest BCUT2D eigenvalue weighted by Gasteiger charge is 2.19. The topological polar surface area (TPSA) is 70.4 Å². The lowest BCUT2D eigenvalue weighted by Gasteiger charge is -2.31. The highest BCUT2D eigenvalue weighted by molar-refractivity contribution is 9.10. The molecule has 0 saturated carbocycles. The van der Waals surface area contributed by atoms with Crippen molar-refractivity contribution in [3.63, 3.8) is 0 Å². The highest BCUT2D eigenvalue weighted by Crippen LogP contribution is 2.24. The van der Waals surface area contributed by atoms with Crippen LogP contribution in [0.3, 0.4) is 0 Å². The number of aliphatic hydroxyl groups is 1. The summed E-state index contributed by atoms with van der Waals surface area (Å²) in [6, 6.07) is 0. The van der Waals surface area contributed by atoms with E-state index in [2.05, 4.69) is 38.2 Å². The van der Waals surface area contributed by atoms with Crippen molar-refractivity contribution in [1.82, 2.24) is 15.1 Å². The van der Waals surface area contributed by atoms with Crippen molar-refractivity contribution in [2.75, 3.05) is 37.7 Å². The molecular formula is C14H23BrN4O2. The van der Waals surface area contributed by atoms with Gasteiger partial charge in [0.15, 0.2) is 0 Å². The summed E-state index contributed by atoms with van der Waals surface area (Å²) in [5.74, 6) is 0.651. The van der Waals surface area contributed by atoms with Crippen LogP contribution in [0.25, 0.3) is 0 Å². The number of aromatic nitrogens is 2. The zero-order valence-corrected chi connectivity index (χ0v) is 14.0. The first-order valence-corrected chi connectivity index (χ1v) is 8.28. The van der Waals surface area contributed by atoms with Crippen molar-refractivity contribution < 1.29 is 5.11 Å². The molecule has 1 aromatic rings. The van der Waals surface area contributed by atoms with E-state index in [0.717, 1.165) is 31.9 Å². The van der Waals surface area contributed by atoms with E-state index >= 15 is 0 Å². The van der Waals surface area contributed by atoms with Gasteiger partial charge >= 0.3 is 0 Å². The number of anilines is 1. The molecular weight excluding hydrogens is 336 g/mol. The summed E-state index contributed by atoms with van der Waals surface area (Å²) in [5.41, 5.74) is 0.653. The fraction of sp³-hybridized carbons (Fsp3) is 0.714. The molecule has 0 radical (unpaired) electrons. The number of piperidine rings is 1. The fourth-order valence-electron chi connectivity index (χ4n) is 2.70. The second-order valence-electron chi connectivity index (χ2n) is 5.33. The summed E-state index contributed by atoms with van der Waals surface area (Å²) in [6.45, 7) is 6.14. The summed E-state index contributed by atoms with van der Waals surface area (Å²) >= 11 is 3.40. The first kappa shape index (κ1) is 16.5. The van der Waals surface area contributed by atoms with Crippen LogP contribution in [0.5, 0.6) is 0 Å². The zero-order chi connectivity index (χ0) is 15.2. The average Bonchev–Trinajstić information content (AvgIpc) is 2.51. The van der Waals surface area contributed by atoms with E-state index in [9.17, 15) is 4.79 Å². The Labute approximate surface area is 133 Å². The summed E-state index contributed by atoms with van der Waals surface area (Å²) in [5, 5.41) is 16.5. The van der Waals surface area contributed by atoms with Gasteiger partial charge in [-0.2, -0.15) is 5.10 Å². The van der Waals surface area contributed by atoms with Gasteiger partial charge in [0.25, 0.3) is 5.56 Å². The Hall–Kier alpha value is -0.920. The first-order chi connectivity index (χ1) is 10.2. The van der Waals surface area contributed by atoms with Gasteiger partial charge in [-0.05, 0) is 54.7 Å². The minimum Gasteiger partial charge on any atom is -0.394 e. The predicted molar refractivity (Wildman–Crippen MR) is 86.8 cm³/mol. The van der Waals surface area contributed by atoms with Gasteiger partial charge < -0.3 is 15.3 Å². The Bertz CT molecular complexity index is 514. The molecule has 0 bridgehead atoms. The third-order valence-electron chi connectivity index (χ3n) is 3.94. The molecule has 2 rings (SSSR count). The van der Waals surface area contributed by atoms with Crippen LogP contribution in [0.1, 0.15) is 19.8 Å². The Balaban J connectivity index is 2.17. The number of hydrogen-bond acceptors (Lipinski definition) is 5. The molecule has 0 amide bonds. The van der Waals surface area contributed by atoms with E-state index in [1.165, 1.54) is 17.5 Å². The molecule has 1 fully saturated rings. The van der Waals surface area contributed by atoms with Crippen LogP contribution < -0.4 is 15.8 Å². The van der Waals surface area contributed by atoms with E-state index < -0.39 is 0 Å². The number of hydrogen-bond donors (Lipinski definition) is 2. The van der Waals surface area contributed by atoms with Crippen molar-refractivity contribution in [1.29, 1.82) is 0 Å². The molecule has 21 heavy (non-hydrogen) atoms. The standard InChI is InChI=1S/C14H23BrN4O2/c1-2-18(10-11-3-5-16-6-4-11)12-9-17-19(7-8-20)14(21)13(12)15/h9,11,16,20H,2-8,10H2,1H3. The molecule has 1 aliphatic heterocycles. The summed E-state index contributed by atoms with van der Waals surface area (Å²) < 4.78 is 1.81. The smallest absolute Gasteiger partial charge is 0.283 e. The minimum absolute atomic E-state index is 0.0920. The maximum absolute atomic E-state index is 12.2. The molecule has 7 heteroatoms. The third kappa shape index (κ3) is 4.05. The van der Waals surface area contributed by atoms with Gasteiger partial charge in [-0.15, -0.1) is 0 Å². The van der Waals surface area contributed by atoms with Crippen LogP contribution in [0.15, 0.2) is 15.5 Å². The second kappa shape index (κ2) is 7.91. The van der Waals surface area contributed by atoms with Crippen molar-refractivity contribution in [2.45, 2.75) is 26.3 Å². The van der Waals surface area contributed by atoms with Crippen LogP contribution in [0.4, 0.5) is 5.69 Å². The number of rotatable bonds is 6. The van der Waals surface area contributed by atoms with Crippen LogP contribution in [0.2, 0.25) is 0 Å². The molecule has 118 valence electrons. The van der Waals surface area contributed by atoms with Crippen LogP contribution in [-0.4, -0.2) is 47.7 Å². The number of aliphatic hydroxyl groups excluding tert-OH is 1. The maximum atomic E-state index is 12.2. The van der Waals surface area contributed by atoms with E-state index in [1.807, 2.05) is 0 Å². The predicted octanol–water partition coefficient (Wildman–Crippen LogP) is 0.824. The van der Waals surface area contributed by atoms with Gasteiger partial charge in [0.2, 0.25) is 0 Å². The Morgan fingerprint density at radius 2 is 2.24 bits per heavy atom. The molecule has 1 aliphatic rings. The van der Waals surface area contributed by atoms with Crippen molar-refractivity contribution >= 4 is 21.6 Å². The van der Waals surface area contributed by atoms with E-state index in [4.69, 9.17) is 5.11 Å². The molecule has 0 atom stereocenters. The van der Waals surface area contributed by atoms with Crippen molar-refractivity contribution in [3.8, 4) is 0 Å². The van der Waals surface area contributed by atoms with E-state index in [0.29, 0.717) is 10.4 Å². The van der Waals surface area contributed by atoms with Gasteiger partial charge in [-0.3, -0.25) is 4.79 Å². The number of nitrogens with one attached hydrogen (secondary N) is 1. The fourth-order valence-corrected chi connectivity index (χ4v) is 3.26. The lowest BCUT2D eigenvalue weighted by atomic mass is 9.97. The molecule has 0 spiro atoms.